The van der Waals surface area contributed by atoms with Crippen molar-refractivity contribution in [2.45, 2.75) is 17.7 Å². The molecule has 0 radical (unpaired) electrons. The Balaban J connectivity index is 1.83. The van der Waals surface area contributed by atoms with Crippen molar-refractivity contribution < 1.29 is 4.79 Å². The fourth-order valence-corrected chi connectivity index (χ4v) is 2.72. The third kappa shape index (κ3) is 2.98. The molecule has 0 aliphatic heterocycles. The van der Waals surface area contributed by atoms with E-state index in [1.807, 2.05) is 54.6 Å². The number of hydrogen-bond donors (Lipinski definition) is 1. The molecule has 1 aromatic heterocycles. The van der Waals surface area contributed by atoms with Crippen LogP contribution in [0, 0.1) is 0 Å². The van der Waals surface area contributed by atoms with Gasteiger partial charge in [-0.05, 0) is 24.1 Å². The van der Waals surface area contributed by atoms with E-state index in [9.17, 15) is 4.79 Å². The van der Waals surface area contributed by atoms with Crippen molar-refractivity contribution >= 4 is 29.3 Å². The van der Waals surface area contributed by atoms with Gasteiger partial charge in [0.1, 0.15) is 0 Å². The van der Waals surface area contributed by atoms with Gasteiger partial charge in [-0.1, -0.05) is 42.5 Å². The highest BCUT2D eigenvalue weighted by molar-refractivity contribution is 7.80. The van der Waals surface area contributed by atoms with Crippen molar-refractivity contribution in [1.82, 2.24) is 4.98 Å². The summed E-state index contributed by atoms with van der Waals surface area (Å²) < 4.78 is 0. The van der Waals surface area contributed by atoms with Crippen molar-refractivity contribution in [3.05, 3.63) is 71.9 Å². The lowest BCUT2D eigenvalue weighted by atomic mass is 10.0. The first-order chi connectivity index (χ1) is 10.3. The number of aromatic nitrogens is 1. The molecule has 0 atom stereocenters. The number of carbonyl (C=O) groups excluding carboxylic acids is 1. The maximum absolute atomic E-state index is 12.2. The minimum atomic E-state index is 0.169. The highest BCUT2D eigenvalue weighted by Crippen LogP contribution is 2.23. The molecule has 0 amide bonds. The monoisotopic (exact) mass is 293 g/mol. The van der Waals surface area contributed by atoms with Crippen LogP contribution in [-0.4, -0.2) is 10.8 Å². The van der Waals surface area contributed by atoms with Crippen molar-refractivity contribution in [3.63, 3.8) is 0 Å². The SMILES string of the molecule is O=C(CCc1ccnc2c(S)cccc12)c1ccccc1. The normalized spacial score (nSPS) is 10.7. The zero-order valence-electron chi connectivity index (χ0n) is 11.5. The smallest absolute Gasteiger partial charge is 0.163 e. The fourth-order valence-electron chi connectivity index (χ4n) is 2.45. The molecule has 0 fully saturated rings. The number of pyridine rings is 1. The number of hydrogen-bond acceptors (Lipinski definition) is 3. The minimum absolute atomic E-state index is 0.169. The summed E-state index contributed by atoms with van der Waals surface area (Å²) in [5.74, 6) is 0.169. The van der Waals surface area contributed by atoms with E-state index in [1.54, 1.807) is 6.20 Å². The van der Waals surface area contributed by atoms with Crippen molar-refractivity contribution in [3.8, 4) is 0 Å². The molecule has 3 rings (SSSR count). The summed E-state index contributed by atoms with van der Waals surface area (Å²) in [4.78, 5) is 17.4. The number of fused-ring (bicyclic) bond motifs is 1. The van der Waals surface area contributed by atoms with E-state index in [0.717, 1.165) is 26.9 Å². The van der Waals surface area contributed by atoms with E-state index in [2.05, 4.69) is 17.6 Å². The predicted octanol–water partition coefficient (Wildman–Crippen LogP) is 4.34. The van der Waals surface area contributed by atoms with Crippen LogP contribution in [0.25, 0.3) is 10.9 Å². The van der Waals surface area contributed by atoms with Gasteiger partial charge >= 0.3 is 0 Å². The van der Waals surface area contributed by atoms with Gasteiger partial charge in [-0.15, -0.1) is 12.6 Å². The van der Waals surface area contributed by atoms with Gasteiger partial charge in [-0.3, -0.25) is 9.78 Å². The van der Waals surface area contributed by atoms with E-state index < -0.39 is 0 Å². The summed E-state index contributed by atoms with van der Waals surface area (Å²) in [7, 11) is 0. The second-order valence-corrected chi connectivity index (χ2v) is 5.41. The zero-order valence-corrected chi connectivity index (χ0v) is 12.4. The molecule has 0 N–H and O–H groups in total. The van der Waals surface area contributed by atoms with Gasteiger partial charge in [-0.2, -0.15) is 0 Å². The summed E-state index contributed by atoms with van der Waals surface area (Å²) in [6.45, 7) is 0. The average Bonchev–Trinajstić information content (AvgIpc) is 2.54. The highest BCUT2D eigenvalue weighted by Gasteiger charge is 2.08. The quantitative estimate of drug-likeness (QED) is 0.573. The molecule has 0 bridgehead atoms. The van der Waals surface area contributed by atoms with Gasteiger partial charge in [0.15, 0.2) is 5.78 Å². The number of benzene rings is 2. The molecule has 0 saturated heterocycles. The molecule has 2 aromatic carbocycles. The number of Topliss-reactive ketones (excluding diaryl/α,β-unsaturated/α-hetero) is 1. The Morgan fingerprint density at radius 2 is 1.81 bits per heavy atom. The minimum Gasteiger partial charge on any atom is -0.294 e. The Morgan fingerprint density at radius 3 is 2.62 bits per heavy atom. The maximum atomic E-state index is 12.2. The van der Waals surface area contributed by atoms with Gasteiger partial charge in [-0.25, -0.2) is 0 Å². The molecule has 1 heterocycles. The summed E-state index contributed by atoms with van der Waals surface area (Å²) in [6, 6.07) is 17.3. The van der Waals surface area contributed by atoms with Gasteiger partial charge in [0.05, 0.1) is 5.52 Å². The third-order valence-electron chi connectivity index (χ3n) is 3.56. The molecule has 104 valence electrons. The molecule has 0 spiro atoms. The lowest BCUT2D eigenvalue weighted by molar-refractivity contribution is 0.0983. The van der Waals surface area contributed by atoms with Crippen molar-refractivity contribution in [2.24, 2.45) is 0 Å². The van der Waals surface area contributed by atoms with Crippen LogP contribution in [0.15, 0.2) is 65.7 Å². The zero-order chi connectivity index (χ0) is 14.7. The van der Waals surface area contributed by atoms with E-state index in [4.69, 9.17) is 0 Å². The van der Waals surface area contributed by atoms with Crippen LogP contribution in [-0.2, 0) is 6.42 Å². The molecule has 3 aromatic rings. The molecule has 0 saturated carbocycles. The number of nitrogens with zero attached hydrogens (tertiary/aromatic N) is 1. The number of para-hydroxylation sites is 1. The molecule has 21 heavy (non-hydrogen) atoms. The highest BCUT2D eigenvalue weighted by atomic mass is 32.1. The van der Waals surface area contributed by atoms with E-state index >= 15 is 0 Å². The largest absolute Gasteiger partial charge is 0.294 e. The molecule has 0 aliphatic rings. The van der Waals surface area contributed by atoms with Gasteiger partial charge in [0, 0.05) is 28.5 Å². The topological polar surface area (TPSA) is 30.0 Å². The number of ketones is 1. The second kappa shape index (κ2) is 6.10. The van der Waals surface area contributed by atoms with Gasteiger partial charge < -0.3 is 0 Å². The van der Waals surface area contributed by atoms with Crippen LogP contribution in [0.1, 0.15) is 22.3 Å². The molecular formula is C18H15NOS. The fraction of sp³-hybridized carbons (Fsp3) is 0.111. The van der Waals surface area contributed by atoms with Crippen LogP contribution in [0.2, 0.25) is 0 Å². The molecule has 0 unspecified atom stereocenters. The first kappa shape index (κ1) is 13.8. The number of rotatable bonds is 4. The summed E-state index contributed by atoms with van der Waals surface area (Å²) in [5, 5.41) is 1.07. The summed E-state index contributed by atoms with van der Waals surface area (Å²) in [5.41, 5.74) is 2.80. The summed E-state index contributed by atoms with van der Waals surface area (Å²) >= 11 is 4.43. The Labute approximate surface area is 129 Å². The standard InChI is InChI=1S/C18H15NOS/c20-16(14-5-2-1-3-6-14)10-9-13-11-12-19-18-15(13)7-4-8-17(18)21/h1-8,11-12,21H,9-10H2. The molecule has 3 heteroatoms. The van der Waals surface area contributed by atoms with E-state index in [0.29, 0.717) is 12.8 Å². The Hall–Kier alpha value is -2.13. The summed E-state index contributed by atoms with van der Waals surface area (Å²) in [6.07, 6.45) is 2.99. The third-order valence-corrected chi connectivity index (χ3v) is 3.92. The van der Waals surface area contributed by atoms with E-state index in [-0.39, 0.29) is 5.78 Å². The van der Waals surface area contributed by atoms with Crippen molar-refractivity contribution in [1.29, 1.82) is 0 Å². The lowest BCUT2D eigenvalue weighted by Gasteiger charge is -2.07. The van der Waals surface area contributed by atoms with Crippen LogP contribution in [0.4, 0.5) is 0 Å². The number of carbonyl (C=O) groups is 1. The first-order valence-corrected chi connectivity index (χ1v) is 7.34. The van der Waals surface area contributed by atoms with Crippen LogP contribution < -0.4 is 0 Å². The number of thiol groups is 1. The Morgan fingerprint density at radius 1 is 1.00 bits per heavy atom. The molecule has 0 aliphatic carbocycles. The Kier molecular flexibility index (Phi) is 4.02. The van der Waals surface area contributed by atoms with Crippen LogP contribution >= 0.6 is 12.6 Å². The van der Waals surface area contributed by atoms with Gasteiger partial charge in [0.25, 0.3) is 0 Å². The van der Waals surface area contributed by atoms with Crippen molar-refractivity contribution in [2.75, 3.05) is 0 Å². The molecular weight excluding hydrogens is 278 g/mol. The van der Waals surface area contributed by atoms with E-state index in [1.165, 1.54) is 0 Å². The van der Waals surface area contributed by atoms with Gasteiger partial charge in [0.2, 0.25) is 0 Å². The average molecular weight is 293 g/mol. The van der Waals surface area contributed by atoms with Crippen LogP contribution in [0.5, 0.6) is 0 Å². The second-order valence-electron chi connectivity index (χ2n) is 4.93. The lowest BCUT2D eigenvalue weighted by Crippen LogP contribution is -2.01. The molecule has 2 nitrogen and oxygen atoms in total. The number of aryl methyl sites for hydroxylation is 1. The Bertz CT molecular complexity index is 784. The first-order valence-electron chi connectivity index (χ1n) is 6.89. The predicted molar refractivity (Wildman–Crippen MR) is 88.1 cm³/mol. The van der Waals surface area contributed by atoms with Crippen LogP contribution in [0.3, 0.4) is 0 Å². The maximum Gasteiger partial charge on any atom is 0.163 e.